The van der Waals surface area contributed by atoms with Crippen molar-refractivity contribution >= 4 is 32.5 Å². The first-order valence-corrected chi connectivity index (χ1v) is 9.02. The molecule has 9 heteroatoms. The number of sulfone groups is 1. The van der Waals surface area contributed by atoms with E-state index >= 15 is 0 Å². The predicted molar refractivity (Wildman–Crippen MR) is 75.9 cm³/mol. The molecule has 0 aromatic carbocycles. The summed E-state index contributed by atoms with van der Waals surface area (Å²) in [6.07, 6.45) is 1.50. The lowest BCUT2D eigenvalue weighted by Crippen LogP contribution is -2.49. The van der Waals surface area contributed by atoms with Gasteiger partial charge in [0.15, 0.2) is 9.84 Å². The molecule has 7 nitrogen and oxygen atoms in total. The number of carboxylic acids is 1. The highest BCUT2D eigenvalue weighted by Crippen LogP contribution is 2.25. The molecular weight excluding hydrogens is 302 g/mol. The molecule has 1 atom stereocenters. The van der Waals surface area contributed by atoms with Gasteiger partial charge in [-0.1, -0.05) is 6.92 Å². The first kappa shape index (κ1) is 15.2. The van der Waals surface area contributed by atoms with Crippen LogP contribution in [0.25, 0.3) is 0 Å². The van der Waals surface area contributed by atoms with E-state index in [4.69, 9.17) is 5.11 Å². The minimum Gasteiger partial charge on any atom is -0.481 e. The highest BCUT2D eigenvalue weighted by atomic mass is 32.2. The summed E-state index contributed by atoms with van der Waals surface area (Å²) in [5.74, 6) is -0.376. The molecule has 0 bridgehead atoms. The number of carboxylic acid groups (broad SMARTS) is 1. The fraction of sp³-hybridized carbons (Fsp3) is 0.727. The monoisotopic (exact) mass is 319 g/mol. The van der Waals surface area contributed by atoms with E-state index in [2.05, 4.69) is 9.36 Å². The first-order chi connectivity index (χ1) is 9.41. The van der Waals surface area contributed by atoms with Crippen LogP contribution in [0.15, 0.2) is 0 Å². The van der Waals surface area contributed by atoms with Crippen LogP contribution in [0.2, 0.25) is 0 Å². The second-order valence-corrected chi connectivity index (χ2v) is 7.76. The molecule has 1 unspecified atom stereocenters. The summed E-state index contributed by atoms with van der Waals surface area (Å²) in [5, 5.41) is 9.56. The molecule has 20 heavy (non-hydrogen) atoms. The van der Waals surface area contributed by atoms with Gasteiger partial charge in [0, 0.05) is 24.5 Å². The van der Waals surface area contributed by atoms with E-state index < -0.39 is 21.8 Å². The van der Waals surface area contributed by atoms with E-state index in [9.17, 15) is 13.2 Å². The molecule has 1 aliphatic rings. The normalized spacial score (nSPS) is 21.9. The summed E-state index contributed by atoms with van der Waals surface area (Å²) in [7, 11) is -3.17. The van der Waals surface area contributed by atoms with Crippen molar-refractivity contribution in [1.82, 2.24) is 9.36 Å². The second-order valence-electron chi connectivity index (χ2n) is 4.80. The smallest absolute Gasteiger partial charge is 0.305 e. The van der Waals surface area contributed by atoms with E-state index in [0.717, 1.165) is 18.7 Å². The Morgan fingerprint density at radius 1 is 1.55 bits per heavy atom. The number of anilines is 1. The van der Waals surface area contributed by atoms with Crippen molar-refractivity contribution in [2.24, 2.45) is 0 Å². The summed E-state index contributed by atoms with van der Waals surface area (Å²) in [6, 6.07) is -0.561. The van der Waals surface area contributed by atoms with Gasteiger partial charge in [-0.2, -0.15) is 4.37 Å². The van der Waals surface area contributed by atoms with Crippen molar-refractivity contribution in [1.29, 1.82) is 0 Å². The molecule has 1 saturated heterocycles. The van der Waals surface area contributed by atoms with Crippen molar-refractivity contribution in [3.05, 3.63) is 5.82 Å². The molecular formula is C11H17N3O4S2. The molecule has 0 spiro atoms. The van der Waals surface area contributed by atoms with Crippen molar-refractivity contribution in [2.75, 3.05) is 23.0 Å². The third-order valence-electron chi connectivity index (χ3n) is 3.12. The molecule has 1 aromatic heterocycles. The average molecular weight is 319 g/mol. The number of hydrogen-bond donors (Lipinski definition) is 1. The molecule has 2 rings (SSSR count). The van der Waals surface area contributed by atoms with Crippen LogP contribution < -0.4 is 4.90 Å². The van der Waals surface area contributed by atoms with E-state index in [1.54, 1.807) is 4.90 Å². The number of hydrogen-bond acceptors (Lipinski definition) is 7. The number of aromatic nitrogens is 2. The van der Waals surface area contributed by atoms with Gasteiger partial charge < -0.3 is 10.0 Å². The van der Waals surface area contributed by atoms with Crippen LogP contribution in [0.3, 0.4) is 0 Å². The second kappa shape index (κ2) is 6.04. The van der Waals surface area contributed by atoms with Gasteiger partial charge in [-0.3, -0.25) is 4.79 Å². The molecule has 1 aromatic rings. The lowest BCUT2D eigenvalue weighted by molar-refractivity contribution is -0.137. The molecule has 1 fully saturated rings. The van der Waals surface area contributed by atoms with Gasteiger partial charge in [0.25, 0.3) is 0 Å². The van der Waals surface area contributed by atoms with Crippen LogP contribution >= 0.6 is 11.5 Å². The third-order valence-corrected chi connectivity index (χ3v) is 5.61. The van der Waals surface area contributed by atoms with E-state index in [1.165, 1.54) is 11.5 Å². The third kappa shape index (κ3) is 3.66. The Morgan fingerprint density at radius 3 is 2.95 bits per heavy atom. The predicted octanol–water partition coefficient (Wildman–Crippen LogP) is 0.569. The largest absolute Gasteiger partial charge is 0.481 e. The fourth-order valence-corrected chi connectivity index (χ4v) is 4.53. The van der Waals surface area contributed by atoms with Crippen LogP contribution in [0, 0.1) is 0 Å². The lowest BCUT2D eigenvalue weighted by Gasteiger charge is -2.34. The summed E-state index contributed by atoms with van der Waals surface area (Å²) >= 11 is 1.20. The minimum atomic E-state index is -3.17. The van der Waals surface area contributed by atoms with Gasteiger partial charge >= 0.3 is 5.97 Å². The Kier molecular flexibility index (Phi) is 4.59. The Labute approximate surface area is 121 Å². The van der Waals surface area contributed by atoms with Gasteiger partial charge in [0.05, 0.1) is 24.0 Å². The molecule has 112 valence electrons. The van der Waals surface area contributed by atoms with Gasteiger partial charge in [0.1, 0.15) is 5.82 Å². The van der Waals surface area contributed by atoms with E-state index in [0.29, 0.717) is 5.13 Å². The van der Waals surface area contributed by atoms with Crippen LogP contribution in [-0.4, -0.2) is 52.9 Å². The molecule has 2 heterocycles. The van der Waals surface area contributed by atoms with Crippen LogP contribution in [0.5, 0.6) is 0 Å². The number of carbonyl (C=O) groups is 1. The Bertz CT molecular complexity index is 584. The highest BCUT2D eigenvalue weighted by molar-refractivity contribution is 7.91. The number of aliphatic carboxylic acids is 1. The van der Waals surface area contributed by atoms with Gasteiger partial charge in [-0.15, -0.1) is 0 Å². The number of rotatable bonds is 5. The zero-order chi connectivity index (χ0) is 14.8. The molecule has 0 saturated carbocycles. The molecule has 1 N–H and O–H groups in total. The lowest BCUT2D eigenvalue weighted by atomic mass is 10.2. The maximum atomic E-state index is 11.7. The minimum absolute atomic E-state index is 0.0335. The standard InChI is InChI=1S/C11H17N3O4S2/c1-2-3-9-12-11(19-13-9)14-4-5-20(17,18)7-8(14)6-10(15)16/h8H,2-7H2,1H3,(H,15,16). The van der Waals surface area contributed by atoms with Crippen LogP contribution in [0.4, 0.5) is 5.13 Å². The fourth-order valence-electron chi connectivity index (χ4n) is 2.20. The summed E-state index contributed by atoms with van der Waals surface area (Å²) in [6.45, 7) is 2.31. The summed E-state index contributed by atoms with van der Waals surface area (Å²) in [4.78, 5) is 17.1. The molecule has 1 aliphatic heterocycles. The Balaban J connectivity index is 2.20. The quantitative estimate of drug-likeness (QED) is 0.846. The van der Waals surface area contributed by atoms with Crippen LogP contribution in [-0.2, 0) is 21.1 Å². The highest BCUT2D eigenvalue weighted by Gasteiger charge is 2.34. The van der Waals surface area contributed by atoms with E-state index in [-0.39, 0.29) is 24.5 Å². The maximum absolute atomic E-state index is 11.7. The average Bonchev–Trinajstić information content (AvgIpc) is 2.76. The van der Waals surface area contributed by atoms with Crippen molar-refractivity contribution in [2.45, 2.75) is 32.2 Å². The van der Waals surface area contributed by atoms with Gasteiger partial charge in [0.2, 0.25) is 5.13 Å². The molecule has 0 aliphatic carbocycles. The zero-order valence-electron chi connectivity index (χ0n) is 11.2. The van der Waals surface area contributed by atoms with Crippen molar-refractivity contribution < 1.29 is 18.3 Å². The number of nitrogens with zero attached hydrogens (tertiary/aromatic N) is 3. The van der Waals surface area contributed by atoms with Gasteiger partial charge in [-0.05, 0) is 6.42 Å². The van der Waals surface area contributed by atoms with E-state index in [1.807, 2.05) is 6.92 Å². The molecule has 0 amide bonds. The Hall–Kier alpha value is -1.22. The van der Waals surface area contributed by atoms with Gasteiger partial charge in [-0.25, -0.2) is 13.4 Å². The zero-order valence-corrected chi connectivity index (χ0v) is 12.8. The summed E-state index contributed by atoms with van der Waals surface area (Å²) < 4.78 is 27.6. The topological polar surface area (TPSA) is 100 Å². The summed E-state index contributed by atoms with van der Waals surface area (Å²) in [5.41, 5.74) is 0. The SMILES string of the molecule is CCCc1nsc(N2CCS(=O)(=O)CC2CC(=O)O)n1. The van der Waals surface area contributed by atoms with Crippen molar-refractivity contribution in [3.63, 3.8) is 0 Å². The molecule has 0 radical (unpaired) electrons. The first-order valence-electron chi connectivity index (χ1n) is 6.42. The maximum Gasteiger partial charge on any atom is 0.305 e. The Morgan fingerprint density at radius 2 is 2.30 bits per heavy atom. The van der Waals surface area contributed by atoms with Crippen LogP contribution in [0.1, 0.15) is 25.6 Å². The van der Waals surface area contributed by atoms with Crippen molar-refractivity contribution in [3.8, 4) is 0 Å². The number of aryl methyl sites for hydroxylation is 1.